The van der Waals surface area contributed by atoms with E-state index >= 15 is 0 Å². The number of allylic oxidation sites excluding steroid dienone is 2. The van der Waals surface area contributed by atoms with Crippen molar-refractivity contribution < 1.29 is 23.1 Å². The number of nitrogens with zero attached hydrogens (tertiary/aromatic N) is 5. The summed E-state index contributed by atoms with van der Waals surface area (Å²) in [5.74, 6) is -1.03. The molecule has 0 aliphatic rings. The molecule has 0 fully saturated rings. The van der Waals surface area contributed by atoms with E-state index in [4.69, 9.17) is 5.11 Å². The topological polar surface area (TPSA) is 105 Å². The second kappa shape index (κ2) is 8.15. The van der Waals surface area contributed by atoms with E-state index in [9.17, 15) is 18.0 Å². The van der Waals surface area contributed by atoms with Crippen LogP contribution in [0.15, 0.2) is 60.4 Å². The summed E-state index contributed by atoms with van der Waals surface area (Å²) in [4.78, 5) is 22.8. The summed E-state index contributed by atoms with van der Waals surface area (Å²) in [7, 11) is 0. The van der Waals surface area contributed by atoms with Crippen LogP contribution in [0.1, 0.15) is 23.2 Å². The van der Waals surface area contributed by atoms with Gasteiger partial charge in [-0.25, -0.2) is 24.3 Å². The third kappa shape index (κ3) is 4.35. The maximum absolute atomic E-state index is 13.1. The Bertz CT molecular complexity index is 1180. The maximum Gasteiger partial charge on any atom is 0.433 e. The molecule has 3 rings (SSSR count). The van der Waals surface area contributed by atoms with Crippen LogP contribution < -0.4 is 5.32 Å². The largest absolute Gasteiger partial charge is 0.477 e. The molecule has 8 nitrogen and oxygen atoms in total. The molecule has 0 aliphatic heterocycles. The van der Waals surface area contributed by atoms with Crippen LogP contribution in [0.3, 0.4) is 0 Å². The van der Waals surface area contributed by atoms with Crippen molar-refractivity contribution in [3.63, 3.8) is 0 Å². The van der Waals surface area contributed by atoms with Crippen LogP contribution in [0.2, 0.25) is 0 Å². The van der Waals surface area contributed by atoms with Gasteiger partial charge in [-0.3, -0.25) is 0 Å². The van der Waals surface area contributed by atoms with E-state index in [0.29, 0.717) is 17.3 Å². The fourth-order valence-electron chi connectivity index (χ4n) is 2.50. The first-order valence-electron chi connectivity index (χ1n) is 8.49. The molecular weight excluding hydrogens is 401 g/mol. The van der Waals surface area contributed by atoms with Crippen LogP contribution in [-0.2, 0) is 0 Å². The predicted octanol–water partition coefficient (Wildman–Crippen LogP) is 4.12. The summed E-state index contributed by atoms with van der Waals surface area (Å²) >= 11 is 0. The second-order valence-electron chi connectivity index (χ2n) is 5.85. The Morgan fingerprint density at radius 3 is 2.77 bits per heavy atom. The number of carbonyl (C=O) groups is 1. The summed E-state index contributed by atoms with van der Waals surface area (Å²) in [6.07, 6.45) is 0.180. The Morgan fingerprint density at radius 2 is 2.13 bits per heavy atom. The summed E-state index contributed by atoms with van der Waals surface area (Å²) in [5, 5.41) is 16.3. The molecule has 30 heavy (non-hydrogen) atoms. The van der Waals surface area contributed by atoms with E-state index in [1.165, 1.54) is 35.8 Å². The minimum absolute atomic E-state index is 0.0696. The number of hydrogen-bond donors (Lipinski definition) is 2. The van der Waals surface area contributed by atoms with Crippen molar-refractivity contribution in [1.82, 2.24) is 19.6 Å². The SMILES string of the molecule is C=CC(=N/C(=C\C)c1nc(Nc2ccnc(C(=O)O)c2)c2cccn2n1)C(F)(F)F. The molecule has 3 aromatic heterocycles. The predicted molar refractivity (Wildman–Crippen MR) is 105 cm³/mol. The Balaban J connectivity index is 2.08. The van der Waals surface area contributed by atoms with Crippen LogP contribution >= 0.6 is 0 Å². The Kier molecular flexibility index (Phi) is 5.63. The molecule has 0 saturated carbocycles. The number of aromatic carboxylic acids is 1. The van der Waals surface area contributed by atoms with Crippen molar-refractivity contribution in [2.75, 3.05) is 5.32 Å². The minimum atomic E-state index is -4.68. The molecule has 0 bridgehead atoms. The zero-order chi connectivity index (χ0) is 21.9. The normalized spacial score (nSPS) is 12.8. The van der Waals surface area contributed by atoms with E-state index < -0.39 is 17.9 Å². The lowest BCUT2D eigenvalue weighted by molar-refractivity contribution is -0.0576. The molecule has 0 saturated heterocycles. The molecule has 154 valence electrons. The van der Waals surface area contributed by atoms with E-state index in [0.717, 1.165) is 0 Å². The number of fused-ring (bicyclic) bond motifs is 1. The van der Waals surface area contributed by atoms with Gasteiger partial charge < -0.3 is 10.4 Å². The summed E-state index contributed by atoms with van der Waals surface area (Å²) in [6, 6.07) is 6.20. The monoisotopic (exact) mass is 416 g/mol. The van der Waals surface area contributed by atoms with Gasteiger partial charge in [0.25, 0.3) is 0 Å². The third-order valence-corrected chi connectivity index (χ3v) is 3.86. The molecule has 0 atom stereocenters. The molecule has 0 aliphatic carbocycles. The lowest BCUT2D eigenvalue weighted by atomic mass is 10.3. The summed E-state index contributed by atoms with van der Waals surface area (Å²) < 4.78 is 40.6. The molecule has 0 spiro atoms. The fourth-order valence-corrected chi connectivity index (χ4v) is 2.50. The van der Waals surface area contributed by atoms with Gasteiger partial charge in [0.05, 0.1) is 0 Å². The molecule has 0 radical (unpaired) electrons. The summed E-state index contributed by atoms with van der Waals surface area (Å²) in [5.41, 5.74) is -0.571. The first-order valence-corrected chi connectivity index (χ1v) is 8.49. The highest BCUT2D eigenvalue weighted by Crippen LogP contribution is 2.25. The van der Waals surface area contributed by atoms with Crippen molar-refractivity contribution in [2.45, 2.75) is 13.1 Å². The van der Waals surface area contributed by atoms with Gasteiger partial charge in [0.2, 0.25) is 0 Å². The van der Waals surface area contributed by atoms with Crippen molar-refractivity contribution in [3.05, 3.63) is 66.9 Å². The number of halogens is 3. The van der Waals surface area contributed by atoms with Gasteiger partial charge in [0.1, 0.15) is 22.6 Å². The number of aromatic nitrogens is 4. The number of nitrogens with one attached hydrogen (secondary N) is 1. The maximum atomic E-state index is 13.1. The fraction of sp³-hybridized carbons (Fsp3) is 0.105. The average Bonchev–Trinajstić information content (AvgIpc) is 3.17. The van der Waals surface area contributed by atoms with Gasteiger partial charge in [0, 0.05) is 18.1 Å². The highest BCUT2D eigenvalue weighted by atomic mass is 19.4. The molecule has 11 heteroatoms. The molecule has 0 unspecified atom stereocenters. The second-order valence-corrected chi connectivity index (χ2v) is 5.85. The number of aliphatic imine (C=N–C) groups is 1. The molecule has 0 aromatic carbocycles. The van der Waals surface area contributed by atoms with Crippen LogP contribution in [0, 0.1) is 0 Å². The van der Waals surface area contributed by atoms with Gasteiger partial charge in [-0.15, -0.1) is 5.10 Å². The number of rotatable bonds is 6. The van der Waals surface area contributed by atoms with Crippen LogP contribution in [0.4, 0.5) is 24.7 Å². The first-order chi connectivity index (χ1) is 14.2. The molecule has 2 N–H and O–H groups in total. The first kappa shape index (κ1) is 20.7. The Labute approximate surface area is 168 Å². The van der Waals surface area contributed by atoms with Crippen molar-refractivity contribution >= 4 is 34.4 Å². The van der Waals surface area contributed by atoms with Crippen molar-refractivity contribution in [2.24, 2.45) is 4.99 Å². The van der Waals surface area contributed by atoms with Gasteiger partial charge in [-0.2, -0.15) is 13.2 Å². The Hall–Kier alpha value is -4.02. The highest BCUT2D eigenvalue weighted by molar-refractivity contribution is 6.01. The van der Waals surface area contributed by atoms with Gasteiger partial charge in [-0.05, 0) is 37.3 Å². The molecular formula is C19H15F3N6O2. The van der Waals surface area contributed by atoms with Crippen molar-refractivity contribution in [1.29, 1.82) is 0 Å². The van der Waals surface area contributed by atoms with Crippen LogP contribution in [0.25, 0.3) is 11.2 Å². The zero-order valence-electron chi connectivity index (χ0n) is 15.6. The Morgan fingerprint density at radius 1 is 1.37 bits per heavy atom. The standard InChI is InChI=1S/C19H15F3N6O2/c1-3-12(25-15(4-2)19(20,21)22)16-26-17(14-6-5-9-28(14)27-16)24-11-7-8-23-13(10-11)18(29)30/h3-10H,2H2,1H3,(H,29,30)(H,23,24,26,27)/b12-3-,25-15?. The average molecular weight is 416 g/mol. The van der Waals surface area contributed by atoms with E-state index in [1.54, 1.807) is 18.3 Å². The van der Waals surface area contributed by atoms with Crippen LogP contribution in [-0.4, -0.2) is 42.5 Å². The smallest absolute Gasteiger partial charge is 0.433 e. The van der Waals surface area contributed by atoms with E-state index in [2.05, 4.69) is 32.0 Å². The van der Waals surface area contributed by atoms with E-state index in [1.807, 2.05) is 0 Å². The lowest BCUT2D eigenvalue weighted by Gasteiger charge is -2.11. The third-order valence-electron chi connectivity index (χ3n) is 3.86. The van der Waals surface area contributed by atoms with Gasteiger partial charge in [-0.1, -0.05) is 12.7 Å². The minimum Gasteiger partial charge on any atom is -0.477 e. The molecule has 3 aromatic rings. The number of pyridine rings is 1. The quantitative estimate of drug-likeness (QED) is 0.586. The van der Waals surface area contributed by atoms with E-state index in [-0.39, 0.29) is 23.0 Å². The highest BCUT2D eigenvalue weighted by Gasteiger charge is 2.34. The van der Waals surface area contributed by atoms with Crippen molar-refractivity contribution in [3.8, 4) is 0 Å². The zero-order valence-corrected chi connectivity index (χ0v) is 15.6. The summed E-state index contributed by atoms with van der Waals surface area (Å²) in [6.45, 7) is 4.66. The molecule has 3 heterocycles. The van der Waals surface area contributed by atoms with Gasteiger partial charge in [0.15, 0.2) is 11.6 Å². The number of carboxylic acids is 1. The lowest BCUT2D eigenvalue weighted by Crippen LogP contribution is -2.20. The number of alkyl halides is 3. The number of carboxylic acid groups (broad SMARTS) is 1. The van der Waals surface area contributed by atoms with Gasteiger partial charge >= 0.3 is 12.1 Å². The molecule has 0 amide bonds. The number of hydrogen-bond acceptors (Lipinski definition) is 6. The number of anilines is 2. The van der Waals surface area contributed by atoms with Crippen LogP contribution in [0.5, 0.6) is 0 Å².